The molecule has 0 saturated heterocycles. The number of Topliss-reactive ketones (excluding diaryl/α,β-unsaturated/α-hetero) is 1. The molecule has 0 heterocycles. The first-order chi connectivity index (χ1) is 9.57. The topological polar surface area (TPSA) is 56.8 Å². The summed E-state index contributed by atoms with van der Waals surface area (Å²) in [5.41, 5.74) is 0. The lowest BCUT2D eigenvalue weighted by Crippen LogP contribution is -2.26. The van der Waals surface area contributed by atoms with Crippen LogP contribution in [0, 0.1) is 5.92 Å². The number of nitrogens with one attached hydrogen (secondary N) is 1. The maximum absolute atomic E-state index is 11.2. The zero-order chi connectivity index (χ0) is 15.2. The van der Waals surface area contributed by atoms with Crippen molar-refractivity contribution in [2.24, 2.45) is 5.92 Å². The smallest absolute Gasteiger partial charge is 0.160 e. The molecule has 0 aromatic carbocycles. The van der Waals surface area contributed by atoms with Gasteiger partial charge in [0.1, 0.15) is 6.61 Å². The summed E-state index contributed by atoms with van der Waals surface area (Å²) in [7, 11) is 1.47. The lowest BCUT2D eigenvalue weighted by molar-refractivity contribution is -0.127. The zero-order valence-corrected chi connectivity index (χ0v) is 14.3. The highest BCUT2D eigenvalue weighted by Gasteiger charge is 2.06. The van der Waals surface area contributed by atoms with E-state index < -0.39 is 0 Å². The predicted octanol–water partition coefficient (Wildman–Crippen LogP) is 1.77. The third kappa shape index (κ3) is 13.2. The molecule has 7 heteroatoms. The van der Waals surface area contributed by atoms with Crippen LogP contribution in [0.5, 0.6) is 0 Å². The molecule has 1 N–H and O–H groups in total. The van der Waals surface area contributed by atoms with Crippen molar-refractivity contribution in [3.63, 3.8) is 0 Å². The van der Waals surface area contributed by atoms with Gasteiger partial charge in [0.15, 0.2) is 5.78 Å². The normalized spacial score (nSPS) is 12.8. The van der Waals surface area contributed by atoms with E-state index in [1.54, 1.807) is 0 Å². The van der Waals surface area contributed by atoms with Crippen LogP contribution in [-0.2, 0) is 19.0 Å². The molecule has 0 aliphatic rings. The van der Waals surface area contributed by atoms with E-state index in [1.807, 2.05) is 20.8 Å². The maximum Gasteiger partial charge on any atom is 0.160 e. The average molecular weight is 325 g/mol. The number of ether oxygens (including phenoxy) is 3. The van der Waals surface area contributed by atoms with Gasteiger partial charge in [0, 0.05) is 12.5 Å². The molecule has 0 aliphatic heterocycles. The Morgan fingerprint density at radius 1 is 1.05 bits per heavy atom. The fraction of sp³-hybridized carbons (Fsp3) is 0.923. The van der Waals surface area contributed by atoms with Gasteiger partial charge in [0.05, 0.1) is 38.4 Å². The molecule has 120 valence electrons. The van der Waals surface area contributed by atoms with Crippen molar-refractivity contribution in [1.29, 1.82) is 0 Å². The number of carbonyl (C=O) groups is 1. The van der Waals surface area contributed by atoms with E-state index >= 15 is 0 Å². The summed E-state index contributed by atoms with van der Waals surface area (Å²) in [5, 5.41) is 3.56. The summed E-state index contributed by atoms with van der Waals surface area (Å²) in [4.78, 5) is 11.2. The van der Waals surface area contributed by atoms with E-state index in [0.717, 1.165) is 6.54 Å². The van der Waals surface area contributed by atoms with Crippen molar-refractivity contribution in [3.8, 4) is 0 Å². The Kier molecular flexibility index (Phi) is 14.3. The van der Waals surface area contributed by atoms with Gasteiger partial charge in [-0.25, -0.2) is 0 Å². The molecular formula is C13H27NO4S2. The minimum absolute atomic E-state index is 0.0293. The van der Waals surface area contributed by atoms with Crippen molar-refractivity contribution in [2.75, 3.05) is 46.2 Å². The van der Waals surface area contributed by atoms with Gasteiger partial charge in [-0.05, 0) is 6.92 Å². The van der Waals surface area contributed by atoms with Crippen LogP contribution < -0.4 is 5.32 Å². The second-order valence-electron chi connectivity index (χ2n) is 4.60. The van der Waals surface area contributed by atoms with Crippen LogP contribution in [0.3, 0.4) is 0 Å². The van der Waals surface area contributed by atoms with Crippen molar-refractivity contribution < 1.29 is 19.0 Å². The van der Waals surface area contributed by atoms with E-state index in [9.17, 15) is 4.79 Å². The van der Waals surface area contributed by atoms with Crippen LogP contribution in [0.2, 0.25) is 0 Å². The highest BCUT2D eigenvalue weighted by atomic mass is 33.1. The Balaban J connectivity index is 3.12. The number of carbonyl (C=O) groups excluding carboxylic acids is 1. The van der Waals surface area contributed by atoms with Gasteiger partial charge in [-0.2, -0.15) is 0 Å². The molecule has 0 saturated carbocycles. The van der Waals surface area contributed by atoms with Crippen molar-refractivity contribution >= 4 is 28.2 Å². The number of hydrogen-bond acceptors (Lipinski definition) is 7. The summed E-state index contributed by atoms with van der Waals surface area (Å²) in [6.45, 7) is 9.43. The Morgan fingerprint density at radius 2 is 1.60 bits per heavy atom. The van der Waals surface area contributed by atoms with Gasteiger partial charge in [0.25, 0.3) is 0 Å². The summed E-state index contributed by atoms with van der Waals surface area (Å²) in [6.07, 6.45) is 0. The van der Waals surface area contributed by atoms with E-state index in [-0.39, 0.29) is 18.3 Å². The molecular weight excluding hydrogens is 298 g/mol. The van der Waals surface area contributed by atoms with E-state index in [1.165, 1.54) is 10.8 Å². The quantitative estimate of drug-likeness (QED) is 0.220. The summed E-state index contributed by atoms with van der Waals surface area (Å²) in [5.74, 6) is 0.149. The molecule has 0 fully saturated rings. The summed E-state index contributed by atoms with van der Waals surface area (Å²) in [6, 6.07) is 0. The lowest BCUT2D eigenvalue weighted by atomic mass is 10.1. The van der Waals surface area contributed by atoms with Crippen LogP contribution in [0.1, 0.15) is 20.8 Å². The number of hydrogen-bond donors (Lipinski definition) is 2. The van der Waals surface area contributed by atoms with Gasteiger partial charge >= 0.3 is 0 Å². The van der Waals surface area contributed by atoms with Gasteiger partial charge < -0.3 is 19.5 Å². The fourth-order valence-electron chi connectivity index (χ4n) is 1.15. The SMILES string of the molecule is CC(NCCOCCOCCOCC(=O)C(C)C)SS. The van der Waals surface area contributed by atoms with Crippen molar-refractivity contribution in [3.05, 3.63) is 0 Å². The molecule has 0 aromatic rings. The first kappa shape index (κ1) is 20.2. The average Bonchev–Trinajstić information content (AvgIpc) is 2.43. The van der Waals surface area contributed by atoms with Crippen molar-refractivity contribution in [2.45, 2.75) is 26.1 Å². The first-order valence-electron chi connectivity index (χ1n) is 6.87. The van der Waals surface area contributed by atoms with Gasteiger partial charge in [0.2, 0.25) is 0 Å². The highest BCUT2D eigenvalue weighted by Crippen LogP contribution is 2.10. The van der Waals surface area contributed by atoms with Gasteiger partial charge in [-0.1, -0.05) is 24.6 Å². The number of thiol groups is 1. The van der Waals surface area contributed by atoms with Crippen LogP contribution in [-0.4, -0.2) is 57.3 Å². The third-order valence-electron chi connectivity index (χ3n) is 2.47. The van der Waals surface area contributed by atoms with Gasteiger partial charge in [-0.15, -0.1) is 11.7 Å². The molecule has 0 spiro atoms. The summed E-state index contributed by atoms with van der Waals surface area (Å²) < 4.78 is 15.9. The Bertz CT molecular complexity index is 242. The van der Waals surface area contributed by atoms with Crippen molar-refractivity contribution in [1.82, 2.24) is 5.32 Å². The molecule has 1 atom stereocenters. The second kappa shape index (κ2) is 14.2. The van der Waals surface area contributed by atoms with E-state index in [2.05, 4.69) is 17.0 Å². The van der Waals surface area contributed by atoms with E-state index in [0.29, 0.717) is 38.4 Å². The zero-order valence-electron chi connectivity index (χ0n) is 12.6. The molecule has 0 rings (SSSR count). The molecule has 5 nitrogen and oxygen atoms in total. The minimum Gasteiger partial charge on any atom is -0.378 e. The second-order valence-corrected chi connectivity index (χ2v) is 6.15. The van der Waals surface area contributed by atoms with Crippen LogP contribution in [0.4, 0.5) is 0 Å². The predicted molar refractivity (Wildman–Crippen MR) is 86.3 cm³/mol. The number of ketones is 1. The lowest BCUT2D eigenvalue weighted by Gasteiger charge is -2.10. The molecule has 0 bridgehead atoms. The summed E-state index contributed by atoms with van der Waals surface area (Å²) >= 11 is 4.10. The number of rotatable bonds is 14. The van der Waals surface area contributed by atoms with E-state index in [4.69, 9.17) is 14.2 Å². The molecule has 0 amide bonds. The minimum atomic E-state index is 0.0293. The maximum atomic E-state index is 11.2. The first-order valence-corrected chi connectivity index (χ1v) is 8.80. The Hall–Kier alpha value is 0.210. The fourth-order valence-corrected chi connectivity index (χ4v) is 1.57. The Labute approximate surface area is 131 Å². The molecule has 1 unspecified atom stereocenters. The molecule has 20 heavy (non-hydrogen) atoms. The molecule has 0 radical (unpaired) electrons. The molecule has 0 aliphatic carbocycles. The van der Waals surface area contributed by atoms with Crippen LogP contribution >= 0.6 is 22.5 Å². The molecule has 0 aromatic heterocycles. The highest BCUT2D eigenvalue weighted by molar-refractivity contribution is 8.68. The van der Waals surface area contributed by atoms with Crippen LogP contribution in [0.15, 0.2) is 0 Å². The monoisotopic (exact) mass is 325 g/mol. The Morgan fingerprint density at radius 3 is 2.15 bits per heavy atom. The largest absolute Gasteiger partial charge is 0.378 e. The van der Waals surface area contributed by atoms with Crippen LogP contribution in [0.25, 0.3) is 0 Å². The standard InChI is InChI=1S/C13H27NO4S2/c1-11(2)13(15)10-18-9-8-17-7-6-16-5-4-14-12(3)20-19/h11-12,14,19H,4-10H2,1-3H3. The third-order valence-corrected chi connectivity index (χ3v) is 3.90. The van der Waals surface area contributed by atoms with Gasteiger partial charge in [-0.3, -0.25) is 4.79 Å².